The van der Waals surface area contributed by atoms with Gasteiger partial charge in [0.2, 0.25) is 0 Å². The average molecular weight is 344 g/mol. The molecular formula is C16H24O8. The molecule has 1 fully saturated rings. The Morgan fingerprint density at radius 2 is 0.833 bits per heavy atom. The molecule has 0 saturated heterocycles. The van der Waals surface area contributed by atoms with E-state index in [0.29, 0.717) is 0 Å². The normalized spacial score (nSPS) is 17.5. The summed E-state index contributed by atoms with van der Waals surface area (Å²) in [7, 11) is 0. The first-order chi connectivity index (χ1) is 11.3. The van der Waals surface area contributed by atoms with E-state index in [9.17, 15) is 19.2 Å². The summed E-state index contributed by atoms with van der Waals surface area (Å²) in [6.07, 6.45) is 0. The lowest BCUT2D eigenvalue weighted by molar-refractivity contribution is -0.179. The molecule has 0 bridgehead atoms. The van der Waals surface area contributed by atoms with E-state index in [4.69, 9.17) is 18.9 Å². The highest BCUT2D eigenvalue weighted by molar-refractivity contribution is 6.21. The molecule has 0 aromatic heterocycles. The summed E-state index contributed by atoms with van der Waals surface area (Å²) in [5.41, 5.74) is -4.17. The second kappa shape index (κ2) is 7.63. The Bertz CT molecular complexity index is 442. The molecule has 0 aliphatic heterocycles. The van der Waals surface area contributed by atoms with Crippen LogP contribution in [0.15, 0.2) is 0 Å². The van der Waals surface area contributed by atoms with Crippen LogP contribution < -0.4 is 0 Å². The summed E-state index contributed by atoms with van der Waals surface area (Å²) in [4.78, 5) is 50.2. The third-order valence-corrected chi connectivity index (χ3v) is 4.23. The molecule has 0 amide bonds. The number of carbonyl (C=O) groups excluding carboxylic acids is 4. The second-order valence-corrected chi connectivity index (χ2v) is 5.22. The molecule has 0 N–H and O–H groups in total. The van der Waals surface area contributed by atoms with Crippen LogP contribution in [-0.4, -0.2) is 50.3 Å². The van der Waals surface area contributed by atoms with Gasteiger partial charge in [0.25, 0.3) is 0 Å². The lowest BCUT2D eigenvalue weighted by Gasteiger charge is -2.20. The van der Waals surface area contributed by atoms with Gasteiger partial charge in [0.15, 0.2) is 10.8 Å². The Morgan fingerprint density at radius 3 is 1.00 bits per heavy atom. The number of hydrogen-bond acceptors (Lipinski definition) is 8. The highest BCUT2D eigenvalue weighted by Crippen LogP contribution is 2.71. The molecule has 1 rings (SSSR count). The van der Waals surface area contributed by atoms with Crippen LogP contribution in [0.3, 0.4) is 0 Å². The molecule has 0 atom stereocenters. The van der Waals surface area contributed by atoms with Crippen molar-refractivity contribution in [2.75, 3.05) is 26.4 Å². The standard InChI is InChI=1S/C16H24O8/c1-6-21-11(17)15(12(18)22-7-2)10(5)16(15,13(19)23-8-3)14(20)24-9-4/h10H,6-9H2,1-5H3. The Morgan fingerprint density at radius 1 is 0.625 bits per heavy atom. The molecule has 1 aliphatic carbocycles. The summed E-state index contributed by atoms with van der Waals surface area (Å²) in [6.45, 7) is 7.58. The topological polar surface area (TPSA) is 105 Å². The van der Waals surface area contributed by atoms with Crippen molar-refractivity contribution in [2.24, 2.45) is 16.7 Å². The molecule has 0 unspecified atom stereocenters. The molecule has 136 valence electrons. The number of ether oxygens (including phenoxy) is 4. The van der Waals surface area contributed by atoms with Crippen LogP contribution in [0.2, 0.25) is 0 Å². The maximum atomic E-state index is 12.5. The number of rotatable bonds is 8. The van der Waals surface area contributed by atoms with Crippen LogP contribution in [-0.2, 0) is 38.1 Å². The van der Waals surface area contributed by atoms with Crippen molar-refractivity contribution >= 4 is 23.9 Å². The van der Waals surface area contributed by atoms with Gasteiger partial charge in [-0.15, -0.1) is 0 Å². The highest BCUT2D eigenvalue weighted by atomic mass is 16.6. The van der Waals surface area contributed by atoms with E-state index in [1.165, 1.54) is 6.92 Å². The summed E-state index contributed by atoms with van der Waals surface area (Å²) in [5.74, 6) is -4.95. The van der Waals surface area contributed by atoms with Gasteiger partial charge >= 0.3 is 23.9 Å². The Hall–Kier alpha value is -2.12. The van der Waals surface area contributed by atoms with Crippen LogP contribution in [0.5, 0.6) is 0 Å². The molecule has 0 heterocycles. The van der Waals surface area contributed by atoms with Crippen molar-refractivity contribution in [3.63, 3.8) is 0 Å². The minimum Gasteiger partial charge on any atom is -0.465 e. The van der Waals surface area contributed by atoms with Gasteiger partial charge in [-0.2, -0.15) is 0 Å². The van der Waals surface area contributed by atoms with Crippen LogP contribution in [0.25, 0.3) is 0 Å². The zero-order valence-corrected chi connectivity index (χ0v) is 14.7. The molecule has 8 nitrogen and oxygen atoms in total. The first kappa shape index (κ1) is 19.9. The van der Waals surface area contributed by atoms with Gasteiger partial charge in [0, 0.05) is 5.92 Å². The van der Waals surface area contributed by atoms with Crippen molar-refractivity contribution in [2.45, 2.75) is 34.6 Å². The SMILES string of the molecule is CCOC(=O)C1(C(=O)OCC)C(C)C1(C(=O)OCC)C(=O)OCC. The van der Waals surface area contributed by atoms with Crippen molar-refractivity contribution in [3.05, 3.63) is 0 Å². The van der Waals surface area contributed by atoms with Crippen LogP contribution in [0.1, 0.15) is 34.6 Å². The Labute approximate surface area is 140 Å². The molecular weight excluding hydrogens is 320 g/mol. The van der Waals surface area contributed by atoms with E-state index in [1.54, 1.807) is 27.7 Å². The molecule has 24 heavy (non-hydrogen) atoms. The Kier molecular flexibility index (Phi) is 6.34. The number of hydrogen-bond donors (Lipinski definition) is 0. The zero-order chi connectivity index (χ0) is 18.5. The van der Waals surface area contributed by atoms with Crippen molar-refractivity contribution in [1.82, 2.24) is 0 Å². The van der Waals surface area contributed by atoms with Crippen molar-refractivity contribution in [1.29, 1.82) is 0 Å². The van der Waals surface area contributed by atoms with Gasteiger partial charge in [-0.3, -0.25) is 19.2 Å². The van der Waals surface area contributed by atoms with Crippen LogP contribution >= 0.6 is 0 Å². The molecule has 0 spiro atoms. The van der Waals surface area contributed by atoms with Gasteiger partial charge in [0.05, 0.1) is 26.4 Å². The van der Waals surface area contributed by atoms with E-state index < -0.39 is 40.6 Å². The third-order valence-electron chi connectivity index (χ3n) is 4.23. The van der Waals surface area contributed by atoms with Crippen molar-refractivity contribution in [3.8, 4) is 0 Å². The fraction of sp³-hybridized carbons (Fsp3) is 0.750. The summed E-state index contributed by atoms with van der Waals surface area (Å²) in [6, 6.07) is 0. The van der Waals surface area contributed by atoms with Gasteiger partial charge in [-0.1, -0.05) is 6.92 Å². The Balaban J connectivity index is 3.50. The second-order valence-electron chi connectivity index (χ2n) is 5.22. The predicted octanol–water partition coefficient (Wildman–Crippen LogP) is 0.861. The molecule has 0 radical (unpaired) electrons. The number of carbonyl (C=O) groups is 4. The molecule has 0 aromatic rings. The van der Waals surface area contributed by atoms with Crippen LogP contribution in [0, 0.1) is 16.7 Å². The quantitative estimate of drug-likeness (QED) is 0.363. The zero-order valence-electron chi connectivity index (χ0n) is 14.7. The lowest BCUT2D eigenvalue weighted by Crippen LogP contribution is -2.44. The first-order valence-electron chi connectivity index (χ1n) is 8.02. The number of esters is 4. The summed E-state index contributed by atoms with van der Waals surface area (Å²) < 4.78 is 19.9. The maximum absolute atomic E-state index is 12.5. The van der Waals surface area contributed by atoms with Crippen molar-refractivity contribution < 1.29 is 38.1 Å². The average Bonchev–Trinajstić information content (AvgIpc) is 3.10. The fourth-order valence-corrected chi connectivity index (χ4v) is 3.16. The largest absolute Gasteiger partial charge is 0.465 e. The maximum Gasteiger partial charge on any atom is 0.325 e. The predicted molar refractivity (Wildman–Crippen MR) is 80.6 cm³/mol. The van der Waals surface area contributed by atoms with Gasteiger partial charge < -0.3 is 18.9 Å². The third kappa shape index (κ3) is 2.53. The van der Waals surface area contributed by atoms with Gasteiger partial charge in [-0.25, -0.2) is 0 Å². The molecule has 0 aromatic carbocycles. The lowest BCUT2D eigenvalue weighted by atomic mass is 9.92. The fourth-order valence-electron chi connectivity index (χ4n) is 3.16. The summed E-state index contributed by atoms with van der Waals surface area (Å²) >= 11 is 0. The van der Waals surface area contributed by atoms with Gasteiger partial charge in [0.1, 0.15) is 0 Å². The van der Waals surface area contributed by atoms with Crippen LogP contribution in [0.4, 0.5) is 0 Å². The smallest absolute Gasteiger partial charge is 0.325 e. The molecule has 8 heteroatoms. The molecule has 1 aliphatic rings. The molecule has 1 saturated carbocycles. The summed E-state index contributed by atoms with van der Waals surface area (Å²) in [5, 5.41) is 0. The van der Waals surface area contributed by atoms with E-state index in [2.05, 4.69) is 0 Å². The van der Waals surface area contributed by atoms with Gasteiger partial charge in [-0.05, 0) is 27.7 Å². The van der Waals surface area contributed by atoms with E-state index in [-0.39, 0.29) is 26.4 Å². The van der Waals surface area contributed by atoms with E-state index in [1.807, 2.05) is 0 Å². The van der Waals surface area contributed by atoms with E-state index >= 15 is 0 Å². The minimum absolute atomic E-state index is 0.0194. The first-order valence-corrected chi connectivity index (χ1v) is 8.02. The minimum atomic E-state index is -2.09. The monoisotopic (exact) mass is 344 g/mol. The van der Waals surface area contributed by atoms with E-state index in [0.717, 1.165) is 0 Å². The highest BCUT2D eigenvalue weighted by Gasteiger charge is 2.93.